The van der Waals surface area contributed by atoms with E-state index in [1.54, 1.807) is 11.3 Å². The van der Waals surface area contributed by atoms with Gasteiger partial charge in [-0.05, 0) is 12.8 Å². The maximum Gasteiger partial charge on any atom is 0.208 e. The van der Waals surface area contributed by atoms with Gasteiger partial charge in [-0.3, -0.25) is 0 Å². The zero-order valence-electron chi connectivity index (χ0n) is 8.28. The summed E-state index contributed by atoms with van der Waals surface area (Å²) >= 11 is 1.63. The highest BCUT2D eigenvalue weighted by Gasteiger charge is 2.13. The van der Waals surface area contributed by atoms with Gasteiger partial charge in [-0.25, -0.2) is 0 Å². The summed E-state index contributed by atoms with van der Waals surface area (Å²) in [5.41, 5.74) is 5.51. The summed E-state index contributed by atoms with van der Waals surface area (Å²) in [5, 5.41) is 10.2. The van der Waals surface area contributed by atoms with E-state index < -0.39 is 0 Å². The first kappa shape index (κ1) is 9.86. The van der Waals surface area contributed by atoms with Crippen LogP contribution in [0.15, 0.2) is 0 Å². The van der Waals surface area contributed by atoms with E-state index in [1.807, 2.05) is 0 Å². The monoisotopic (exact) mass is 212 g/mol. The molecule has 0 radical (unpaired) electrons. The van der Waals surface area contributed by atoms with Crippen molar-refractivity contribution in [1.82, 2.24) is 10.2 Å². The molecule has 4 nitrogen and oxygen atoms in total. The Labute approximate surface area is 88.1 Å². The molecule has 1 saturated heterocycles. The zero-order valence-corrected chi connectivity index (χ0v) is 9.09. The van der Waals surface area contributed by atoms with Crippen LogP contribution in [0.4, 0.5) is 5.13 Å². The minimum absolute atomic E-state index is 0.505. The third kappa shape index (κ3) is 2.22. The minimum Gasteiger partial charge on any atom is -0.347 e. The quantitative estimate of drug-likeness (QED) is 0.804. The van der Waals surface area contributed by atoms with Crippen molar-refractivity contribution in [2.45, 2.75) is 32.2 Å². The van der Waals surface area contributed by atoms with Crippen molar-refractivity contribution in [1.29, 1.82) is 0 Å². The average Bonchev–Trinajstić information content (AvgIpc) is 2.53. The Bertz CT molecular complexity index is 278. The molecule has 0 atom stereocenters. The Morgan fingerprint density at radius 3 is 2.43 bits per heavy atom. The van der Waals surface area contributed by atoms with Crippen LogP contribution in [0.1, 0.15) is 30.7 Å². The number of rotatable bonds is 2. The van der Waals surface area contributed by atoms with Crippen molar-refractivity contribution in [3.8, 4) is 0 Å². The van der Waals surface area contributed by atoms with Gasteiger partial charge in [0.15, 0.2) is 0 Å². The van der Waals surface area contributed by atoms with Gasteiger partial charge in [0.25, 0.3) is 0 Å². The molecule has 0 aromatic carbocycles. The molecule has 1 aromatic heterocycles. The van der Waals surface area contributed by atoms with Crippen molar-refractivity contribution in [3.63, 3.8) is 0 Å². The van der Waals surface area contributed by atoms with Crippen molar-refractivity contribution in [2.75, 3.05) is 18.0 Å². The molecule has 0 aliphatic carbocycles. The summed E-state index contributed by atoms with van der Waals surface area (Å²) in [6, 6.07) is 0. The first-order chi connectivity index (χ1) is 6.90. The van der Waals surface area contributed by atoms with Crippen LogP contribution in [0, 0.1) is 0 Å². The SMILES string of the molecule is NCc1nnc(N2CCCCCC2)s1. The summed E-state index contributed by atoms with van der Waals surface area (Å²) in [6.45, 7) is 2.75. The van der Waals surface area contributed by atoms with Crippen LogP contribution in [-0.2, 0) is 6.54 Å². The molecule has 1 aromatic rings. The Hall–Kier alpha value is -0.680. The maximum absolute atomic E-state index is 5.51. The van der Waals surface area contributed by atoms with Crippen molar-refractivity contribution in [3.05, 3.63) is 5.01 Å². The normalized spacial score (nSPS) is 18.2. The van der Waals surface area contributed by atoms with Crippen LogP contribution in [0.3, 0.4) is 0 Å². The zero-order chi connectivity index (χ0) is 9.80. The highest BCUT2D eigenvalue weighted by Crippen LogP contribution is 2.22. The fraction of sp³-hybridized carbons (Fsp3) is 0.778. The third-order valence-electron chi connectivity index (χ3n) is 2.51. The van der Waals surface area contributed by atoms with E-state index >= 15 is 0 Å². The van der Waals surface area contributed by atoms with Crippen LogP contribution in [-0.4, -0.2) is 23.3 Å². The Morgan fingerprint density at radius 1 is 1.14 bits per heavy atom. The molecule has 78 valence electrons. The topological polar surface area (TPSA) is 55.0 Å². The summed E-state index contributed by atoms with van der Waals surface area (Å²) in [5.74, 6) is 0. The van der Waals surface area contributed by atoms with Gasteiger partial charge >= 0.3 is 0 Å². The molecule has 2 rings (SSSR count). The molecular weight excluding hydrogens is 196 g/mol. The fourth-order valence-corrected chi connectivity index (χ4v) is 2.49. The van der Waals surface area contributed by atoms with Gasteiger partial charge in [-0.15, -0.1) is 10.2 Å². The first-order valence-corrected chi connectivity index (χ1v) is 5.99. The van der Waals surface area contributed by atoms with Gasteiger partial charge < -0.3 is 10.6 Å². The molecular formula is C9H16N4S. The van der Waals surface area contributed by atoms with Gasteiger partial charge in [0.05, 0.1) is 0 Å². The number of nitrogens with zero attached hydrogens (tertiary/aromatic N) is 3. The predicted molar refractivity (Wildman–Crippen MR) is 58.5 cm³/mol. The number of anilines is 1. The molecule has 1 aliphatic rings. The van der Waals surface area contributed by atoms with E-state index in [1.165, 1.54) is 25.7 Å². The summed E-state index contributed by atoms with van der Waals surface area (Å²) in [7, 11) is 0. The van der Waals surface area contributed by atoms with Gasteiger partial charge in [0, 0.05) is 19.6 Å². The highest BCUT2D eigenvalue weighted by atomic mass is 32.1. The molecule has 1 fully saturated rings. The molecule has 2 N–H and O–H groups in total. The fourth-order valence-electron chi connectivity index (χ4n) is 1.72. The van der Waals surface area contributed by atoms with E-state index in [2.05, 4.69) is 15.1 Å². The molecule has 1 aliphatic heterocycles. The highest BCUT2D eigenvalue weighted by molar-refractivity contribution is 7.15. The summed E-state index contributed by atoms with van der Waals surface area (Å²) in [6.07, 6.45) is 5.24. The van der Waals surface area contributed by atoms with E-state index in [9.17, 15) is 0 Å². The van der Waals surface area contributed by atoms with Gasteiger partial charge in [0.1, 0.15) is 5.01 Å². The summed E-state index contributed by atoms with van der Waals surface area (Å²) < 4.78 is 0. The standard InChI is InChI=1S/C9H16N4S/c10-7-8-11-12-9(14-8)13-5-3-1-2-4-6-13/h1-7,10H2. The molecule has 0 bridgehead atoms. The molecule has 14 heavy (non-hydrogen) atoms. The molecule has 0 saturated carbocycles. The summed E-state index contributed by atoms with van der Waals surface area (Å²) in [4.78, 5) is 2.34. The molecule has 0 spiro atoms. The van der Waals surface area contributed by atoms with E-state index in [0.29, 0.717) is 6.54 Å². The number of nitrogens with two attached hydrogens (primary N) is 1. The van der Waals surface area contributed by atoms with Crippen molar-refractivity contribution in [2.24, 2.45) is 5.73 Å². The lowest BCUT2D eigenvalue weighted by molar-refractivity contribution is 0.726. The van der Waals surface area contributed by atoms with Crippen LogP contribution in [0.5, 0.6) is 0 Å². The molecule has 0 unspecified atom stereocenters. The van der Waals surface area contributed by atoms with Crippen LogP contribution >= 0.6 is 11.3 Å². The second-order valence-corrected chi connectivity index (χ2v) is 4.62. The molecule has 5 heteroatoms. The largest absolute Gasteiger partial charge is 0.347 e. The Morgan fingerprint density at radius 2 is 1.86 bits per heavy atom. The lowest BCUT2D eigenvalue weighted by atomic mass is 10.2. The van der Waals surface area contributed by atoms with E-state index in [4.69, 9.17) is 5.73 Å². The second kappa shape index (κ2) is 4.70. The second-order valence-electron chi connectivity index (χ2n) is 3.58. The van der Waals surface area contributed by atoms with Gasteiger partial charge in [-0.1, -0.05) is 24.2 Å². The van der Waals surface area contributed by atoms with Crippen molar-refractivity contribution >= 4 is 16.5 Å². The smallest absolute Gasteiger partial charge is 0.208 e. The van der Waals surface area contributed by atoms with Gasteiger partial charge in [-0.2, -0.15) is 0 Å². The minimum atomic E-state index is 0.505. The number of hydrogen-bond donors (Lipinski definition) is 1. The van der Waals surface area contributed by atoms with Crippen LogP contribution in [0.2, 0.25) is 0 Å². The third-order valence-corrected chi connectivity index (χ3v) is 3.51. The van der Waals surface area contributed by atoms with E-state index in [0.717, 1.165) is 23.2 Å². The predicted octanol–water partition coefficient (Wildman–Crippen LogP) is 1.38. The first-order valence-electron chi connectivity index (χ1n) is 5.17. The number of aromatic nitrogens is 2. The van der Waals surface area contributed by atoms with Crippen molar-refractivity contribution < 1.29 is 0 Å². The maximum atomic E-state index is 5.51. The van der Waals surface area contributed by atoms with Gasteiger partial charge in [0.2, 0.25) is 5.13 Å². The Kier molecular flexibility index (Phi) is 3.31. The van der Waals surface area contributed by atoms with Crippen LogP contribution < -0.4 is 10.6 Å². The lowest BCUT2D eigenvalue weighted by Gasteiger charge is -2.17. The average molecular weight is 212 g/mol. The molecule has 0 amide bonds. The lowest BCUT2D eigenvalue weighted by Crippen LogP contribution is -2.23. The van der Waals surface area contributed by atoms with E-state index in [-0.39, 0.29) is 0 Å². The van der Waals surface area contributed by atoms with Crippen LogP contribution in [0.25, 0.3) is 0 Å². The Balaban J connectivity index is 2.04. The number of hydrogen-bond acceptors (Lipinski definition) is 5. The molecule has 2 heterocycles.